The molecule has 0 aromatic heterocycles. The first-order valence-corrected chi connectivity index (χ1v) is 6.87. The van der Waals surface area contributed by atoms with Crippen molar-refractivity contribution in [3.05, 3.63) is 71.5 Å². The van der Waals surface area contributed by atoms with Crippen LogP contribution in [0.3, 0.4) is 0 Å². The molecule has 0 radical (unpaired) electrons. The highest BCUT2D eigenvalue weighted by Gasteiger charge is 2.13. The predicted octanol–water partition coefficient (Wildman–Crippen LogP) is 3.98. The van der Waals surface area contributed by atoms with Crippen molar-refractivity contribution >= 4 is 12.0 Å². The van der Waals surface area contributed by atoms with E-state index in [1.807, 2.05) is 61.5 Å². The van der Waals surface area contributed by atoms with Gasteiger partial charge in [-0.3, -0.25) is 0 Å². The van der Waals surface area contributed by atoms with Gasteiger partial charge >= 0.3 is 5.97 Å². The Balaban J connectivity index is 2.28. The normalized spacial score (nSPS) is 11.0. The molecule has 2 aromatic rings. The van der Waals surface area contributed by atoms with Gasteiger partial charge in [0.1, 0.15) is 5.75 Å². The molecule has 3 heteroatoms. The number of benzene rings is 2. The average Bonchev–Trinajstić information content (AvgIpc) is 2.48. The second-order valence-electron chi connectivity index (χ2n) is 4.56. The van der Waals surface area contributed by atoms with Crippen molar-refractivity contribution in [2.24, 2.45) is 0 Å². The number of rotatable bonds is 5. The molecule has 108 valence electrons. The van der Waals surface area contributed by atoms with E-state index in [2.05, 4.69) is 0 Å². The molecule has 0 spiro atoms. The summed E-state index contributed by atoms with van der Waals surface area (Å²) >= 11 is 0. The second-order valence-corrected chi connectivity index (χ2v) is 4.56. The molecule has 0 aliphatic rings. The van der Waals surface area contributed by atoms with E-state index in [9.17, 15) is 4.79 Å². The third-order valence-corrected chi connectivity index (χ3v) is 2.79. The topological polar surface area (TPSA) is 35.5 Å². The van der Waals surface area contributed by atoms with Gasteiger partial charge in [0, 0.05) is 0 Å². The molecule has 2 rings (SSSR count). The van der Waals surface area contributed by atoms with E-state index in [-0.39, 0.29) is 5.76 Å². The van der Waals surface area contributed by atoms with Crippen LogP contribution in [0.1, 0.15) is 18.1 Å². The fraction of sp³-hybridized carbons (Fsp3) is 0.167. The highest BCUT2D eigenvalue weighted by atomic mass is 16.6. The van der Waals surface area contributed by atoms with Gasteiger partial charge < -0.3 is 9.47 Å². The molecule has 0 amide bonds. The standard InChI is InChI=1S/C18H18O3/c1-3-20-18(19)17(13-15-9-5-4-6-10-15)21-16-11-7-8-14(2)12-16/h4-13H,3H2,1-2H3/b17-13-. The monoisotopic (exact) mass is 282 g/mol. The smallest absolute Gasteiger partial charge is 0.374 e. The first-order chi connectivity index (χ1) is 10.2. The summed E-state index contributed by atoms with van der Waals surface area (Å²) in [4.78, 5) is 12.0. The first kappa shape index (κ1) is 14.9. The quantitative estimate of drug-likeness (QED) is 0.473. The van der Waals surface area contributed by atoms with Gasteiger partial charge in [-0.25, -0.2) is 4.79 Å². The van der Waals surface area contributed by atoms with Gasteiger partial charge in [-0.2, -0.15) is 0 Å². The van der Waals surface area contributed by atoms with Crippen molar-refractivity contribution in [2.45, 2.75) is 13.8 Å². The number of ether oxygens (including phenoxy) is 2. The molecule has 3 nitrogen and oxygen atoms in total. The molecular formula is C18H18O3. The molecule has 0 aliphatic heterocycles. The molecule has 0 aliphatic carbocycles. The van der Waals surface area contributed by atoms with Crippen LogP contribution in [0.2, 0.25) is 0 Å². The lowest BCUT2D eigenvalue weighted by Crippen LogP contribution is -2.12. The Bertz CT molecular complexity index is 630. The van der Waals surface area contributed by atoms with E-state index in [1.54, 1.807) is 13.0 Å². The third kappa shape index (κ3) is 4.49. The van der Waals surface area contributed by atoms with E-state index < -0.39 is 5.97 Å². The Kier molecular flexibility index (Phi) is 5.16. The summed E-state index contributed by atoms with van der Waals surface area (Å²) in [5, 5.41) is 0. The Morgan fingerprint density at radius 3 is 2.52 bits per heavy atom. The van der Waals surface area contributed by atoms with Crippen LogP contribution in [0.4, 0.5) is 0 Å². The van der Waals surface area contributed by atoms with Gasteiger partial charge in [-0.05, 0) is 43.2 Å². The van der Waals surface area contributed by atoms with Crippen LogP contribution in [0.5, 0.6) is 5.75 Å². The van der Waals surface area contributed by atoms with Crippen LogP contribution in [0.25, 0.3) is 6.08 Å². The average molecular weight is 282 g/mol. The zero-order valence-electron chi connectivity index (χ0n) is 12.2. The molecular weight excluding hydrogens is 264 g/mol. The largest absolute Gasteiger partial charge is 0.460 e. The lowest BCUT2D eigenvalue weighted by Gasteiger charge is -2.10. The fourth-order valence-electron chi connectivity index (χ4n) is 1.84. The van der Waals surface area contributed by atoms with Crippen LogP contribution in [0, 0.1) is 6.92 Å². The van der Waals surface area contributed by atoms with Gasteiger partial charge in [0.2, 0.25) is 5.76 Å². The maximum Gasteiger partial charge on any atom is 0.374 e. The Morgan fingerprint density at radius 1 is 1.10 bits per heavy atom. The summed E-state index contributed by atoms with van der Waals surface area (Å²) < 4.78 is 10.7. The van der Waals surface area contributed by atoms with Crippen molar-refractivity contribution < 1.29 is 14.3 Å². The van der Waals surface area contributed by atoms with E-state index in [1.165, 1.54) is 0 Å². The van der Waals surface area contributed by atoms with Gasteiger partial charge in [0.05, 0.1) is 6.61 Å². The molecule has 0 N–H and O–H groups in total. The second kappa shape index (κ2) is 7.29. The summed E-state index contributed by atoms with van der Waals surface area (Å²) in [7, 11) is 0. The van der Waals surface area contributed by atoms with Crippen molar-refractivity contribution in [3.63, 3.8) is 0 Å². The van der Waals surface area contributed by atoms with Gasteiger partial charge in [-0.15, -0.1) is 0 Å². The highest BCUT2D eigenvalue weighted by molar-refractivity contribution is 5.92. The molecule has 0 saturated heterocycles. The summed E-state index contributed by atoms with van der Waals surface area (Å²) in [5.74, 6) is 0.321. The predicted molar refractivity (Wildman–Crippen MR) is 82.9 cm³/mol. The minimum atomic E-state index is -0.470. The molecule has 0 saturated carbocycles. The van der Waals surface area contributed by atoms with Crippen LogP contribution >= 0.6 is 0 Å². The number of esters is 1. The van der Waals surface area contributed by atoms with Crippen LogP contribution in [-0.4, -0.2) is 12.6 Å². The van der Waals surface area contributed by atoms with E-state index in [4.69, 9.17) is 9.47 Å². The zero-order chi connectivity index (χ0) is 15.1. The maximum absolute atomic E-state index is 12.0. The Hall–Kier alpha value is -2.55. The van der Waals surface area contributed by atoms with E-state index >= 15 is 0 Å². The van der Waals surface area contributed by atoms with Crippen LogP contribution < -0.4 is 4.74 Å². The molecule has 0 atom stereocenters. The number of hydrogen-bond donors (Lipinski definition) is 0. The van der Waals surface area contributed by atoms with Gasteiger partial charge in [0.15, 0.2) is 0 Å². The van der Waals surface area contributed by atoms with E-state index in [0.29, 0.717) is 12.4 Å². The number of hydrogen-bond acceptors (Lipinski definition) is 3. The molecule has 2 aromatic carbocycles. The summed E-state index contributed by atoms with van der Waals surface area (Å²) in [6.07, 6.45) is 1.68. The third-order valence-electron chi connectivity index (χ3n) is 2.79. The Morgan fingerprint density at radius 2 is 1.86 bits per heavy atom. The van der Waals surface area contributed by atoms with Crippen molar-refractivity contribution in [2.75, 3.05) is 6.61 Å². The molecule has 0 unspecified atom stereocenters. The number of carbonyl (C=O) groups excluding carboxylic acids is 1. The highest BCUT2D eigenvalue weighted by Crippen LogP contribution is 2.18. The van der Waals surface area contributed by atoms with Crippen LogP contribution in [-0.2, 0) is 9.53 Å². The minimum Gasteiger partial charge on any atom is -0.460 e. The van der Waals surface area contributed by atoms with Crippen molar-refractivity contribution in [1.29, 1.82) is 0 Å². The lowest BCUT2D eigenvalue weighted by molar-refractivity contribution is -0.140. The zero-order valence-corrected chi connectivity index (χ0v) is 12.2. The minimum absolute atomic E-state index is 0.175. The van der Waals surface area contributed by atoms with Crippen LogP contribution in [0.15, 0.2) is 60.4 Å². The lowest BCUT2D eigenvalue weighted by atomic mass is 10.2. The molecule has 0 heterocycles. The number of carbonyl (C=O) groups is 1. The SMILES string of the molecule is CCOC(=O)/C(=C/c1ccccc1)Oc1cccc(C)c1. The maximum atomic E-state index is 12.0. The summed E-state index contributed by atoms with van der Waals surface area (Å²) in [6, 6.07) is 17.1. The molecule has 0 fully saturated rings. The fourth-order valence-corrected chi connectivity index (χ4v) is 1.84. The van der Waals surface area contributed by atoms with Gasteiger partial charge in [0.25, 0.3) is 0 Å². The molecule has 0 bridgehead atoms. The van der Waals surface area contributed by atoms with Gasteiger partial charge in [-0.1, -0.05) is 42.5 Å². The van der Waals surface area contributed by atoms with Crippen molar-refractivity contribution in [1.82, 2.24) is 0 Å². The molecule has 21 heavy (non-hydrogen) atoms. The van der Waals surface area contributed by atoms with E-state index in [0.717, 1.165) is 11.1 Å². The Labute approximate surface area is 124 Å². The number of aryl methyl sites for hydroxylation is 1. The first-order valence-electron chi connectivity index (χ1n) is 6.87. The van der Waals surface area contributed by atoms with Crippen molar-refractivity contribution in [3.8, 4) is 5.75 Å². The summed E-state index contributed by atoms with van der Waals surface area (Å²) in [6.45, 7) is 4.05. The summed E-state index contributed by atoms with van der Waals surface area (Å²) in [5.41, 5.74) is 1.95.